The van der Waals surface area contributed by atoms with Gasteiger partial charge in [0, 0.05) is 12.3 Å². The molecule has 0 saturated carbocycles. The third kappa shape index (κ3) is 4.45. The quantitative estimate of drug-likeness (QED) is 0.400. The molecular formula is C20H16N2O4. The molecule has 0 saturated heterocycles. The van der Waals surface area contributed by atoms with Crippen LogP contribution in [-0.4, -0.2) is 16.2 Å². The first kappa shape index (κ1) is 17.2. The highest BCUT2D eigenvalue weighted by Crippen LogP contribution is 2.30. The molecule has 0 radical (unpaired) electrons. The molecule has 26 heavy (non-hydrogen) atoms. The largest absolute Gasteiger partial charge is 0.505 e. The molecule has 0 spiro atoms. The topological polar surface area (TPSA) is 85.0 Å². The molecule has 0 heterocycles. The highest BCUT2D eigenvalue weighted by atomic mass is 16.6. The normalized spacial score (nSPS) is 10.8. The van der Waals surface area contributed by atoms with Crippen molar-refractivity contribution in [3.63, 3.8) is 0 Å². The Labute approximate surface area is 150 Å². The number of nitro benzene ring substituents is 1. The summed E-state index contributed by atoms with van der Waals surface area (Å²) in [5.41, 5.74) is 1.93. The van der Waals surface area contributed by atoms with Gasteiger partial charge in [0.15, 0.2) is 0 Å². The molecule has 0 aromatic heterocycles. The second kappa shape index (κ2) is 7.94. The van der Waals surface area contributed by atoms with E-state index < -0.39 is 4.92 Å². The zero-order valence-electron chi connectivity index (χ0n) is 13.8. The van der Waals surface area contributed by atoms with E-state index in [4.69, 9.17) is 4.74 Å². The summed E-state index contributed by atoms with van der Waals surface area (Å²) in [6.45, 7) is 0.463. The summed E-state index contributed by atoms with van der Waals surface area (Å²) in [4.78, 5) is 14.3. The summed E-state index contributed by atoms with van der Waals surface area (Å²) in [5.74, 6) is 0.456. The summed E-state index contributed by atoms with van der Waals surface area (Å²) in [7, 11) is 0. The molecule has 0 aliphatic carbocycles. The number of benzene rings is 3. The van der Waals surface area contributed by atoms with Crippen LogP contribution in [0, 0.1) is 10.1 Å². The van der Waals surface area contributed by atoms with Crippen LogP contribution in [0.25, 0.3) is 0 Å². The second-order valence-electron chi connectivity index (χ2n) is 5.54. The van der Waals surface area contributed by atoms with Crippen LogP contribution >= 0.6 is 0 Å². The van der Waals surface area contributed by atoms with Crippen molar-refractivity contribution in [1.82, 2.24) is 0 Å². The summed E-state index contributed by atoms with van der Waals surface area (Å²) < 4.78 is 5.76. The lowest BCUT2D eigenvalue weighted by atomic mass is 10.2. The molecule has 0 aliphatic heterocycles. The molecule has 0 fully saturated rings. The van der Waals surface area contributed by atoms with Crippen LogP contribution in [0.15, 0.2) is 77.8 Å². The Kier molecular flexibility index (Phi) is 5.24. The molecule has 0 aliphatic rings. The first-order valence-corrected chi connectivity index (χ1v) is 7.90. The molecule has 130 valence electrons. The number of hydrogen-bond donors (Lipinski definition) is 1. The lowest BCUT2D eigenvalue weighted by Gasteiger charge is -2.06. The Bertz CT molecular complexity index is 940. The van der Waals surface area contributed by atoms with Gasteiger partial charge in [0.1, 0.15) is 23.8 Å². The predicted molar refractivity (Wildman–Crippen MR) is 99.2 cm³/mol. The van der Waals surface area contributed by atoms with Crippen molar-refractivity contribution >= 4 is 17.6 Å². The van der Waals surface area contributed by atoms with Crippen molar-refractivity contribution in [3.8, 4) is 11.5 Å². The van der Waals surface area contributed by atoms with Crippen LogP contribution in [0.3, 0.4) is 0 Å². The maximum atomic E-state index is 10.7. The van der Waals surface area contributed by atoms with Gasteiger partial charge in [-0.25, -0.2) is 0 Å². The standard InChI is InChI=1S/C20H16N2O4/c23-20-12-17(22(24)25)9-10-19(20)21-13-16-7-4-8-18(11-16)26-14-15-5-2-1-3-6-15/h1-13,23H,14H2. The fourth-order valence-electron chi connectivity index (χ4n) is 2.30. The van der Waals surface area contributed by atoms with E-state index in [0.29, 0.717) is 12.4 Å². The molecular weight excluding hydrogens is 332 g/mol. The molecule has 0 bridgehead atoms. The maximum absolute atomic E-state index is 10.7. The molecule has 1 N–H and O–H groups in total. The summed E-state index contributed by atoms with van der Waals surface area (Å²) in [6.07, 6.45) is 1.57. The van der Waals surface area contributed by atoms with Crippen molar-refractivity contribution in [1.29, 1.82) is 0 Å². The minimum Gasteiger partial charge on any atom is -0.505 e. The van der Waals surface area contributed by atoms with Crippen LogP contribution in [0.5, 0.6) is 11.5 Å². The van der Waals surface area contributed by atoms with E-state index in [9.17, 15) is 15.2 Å². The maximum Gasteiger partial charge on any atom is 0.273 e. The molecule has 6 nitrogen and oxygen atoms in total. The van der Waals surface area contributed by atoms with Gasteiger partial charge in [-0.2, -0.15) is 0 Å². The fraction of sp³-hybridized carbons (Fsp3) is 0.0500. The molecule has 0 unspecified atom stereocenters. The van der Waals surface area contributed by atoms with Crippen molar-refractivity contribution in [3.05, 3.63) is 94.0 Å². The third-order valence-corrected chi connectivity index (χ3v) is 3.63. The Morgan fingerprint density at radius 2 is 1.85 bits per heavy atom. The van der Waals surface area contributed by atoms with Crippen LogP contribution in [0.1, 0.15) is 11.1 Å². The summed E-state index contributed by atoms with van der Waals surface area (Å²) in [6, 6.07) is 21.0. The van der Waals surface area contributed by atoms with Crippen molar-refractivity contribution in [2.75, 3.05) is 0 Å². The molecule has 0 amide bonds. The van der Waals surface area contributed by atoms with Crippen LogP contribution in [0.2, 0.25) is 0 Å². The zero-order chi connectivity index (χ0) is 18.4. The molecule has 3 aromatic carbocycles. The van der Waals surface area contributed by atoms with E-state index in [-0.39, 0.29) is 17.1 Å². The SMILES string of the molecule is O=[N+]([O-])c1ccc(N=Cc2cccc(OCc3ccccc3)c2)c(O)c1. The number of ether oxygens (including phenoxy) is 1. The van der Waals surface area contributed by atoms with Gasteiger partial charge in [-0.3, -0.25) is 15.1 Å². The van der Waals surface area contributed by atoms with Gasteiger partial charge in [-0.1, -0.05) is 42.5 Å². The van der Waals surface area contributed by atoms with E-state index in [1.807, 2.05) is 54.6 Å². The number of aliphatic imine (C=N–C) groups is 1. The van der Waals surface area contributed by atoms with Gasteiger partial charge < -0.3 is 9.84 Å². The average Bonchev–Trinajstić information content (AvgIpc) is 2.66. The molecule has 3 aromatic rings. The van der Waals surface area contributed by atoms with Gasteiger partial charge in [0.2, 0.25) is 0 Å². The van der Waals surface area contributed by atoms with E-state index in [1.54, 1.807) is 6.21 Å². The van der Waals surface area contributed by atoms with Crippen LogP contribution in [-0.2, 0) is 6.61 Å². The molecule has 0 atom stereocenters. The highest BCUT2D eigenvalue weighted by Gasteiger charge is 2.09. The highest BCUT2D eigenvalue weighted by molar-refractivity contribution is 5.83. The Hall–Kier alpha value is -3.67. The van der Waals surface area contributed by atoms with Crippen LogP contribution < -0.4 is 4.74 Å². The number of hydrogen-bond acceptors (Lipinski definition) is 5. The first-order chi connectivity index (χ1) is 12.6. The minimum absolute atomic E-state index is 0.183. The molecule has 6 heteroatoms. The number of non-ortho nitro benzene ring substituents is 1. The van der Waals surface area contributed by atoms with Crippen molar-refractivity contribution in [2.45, 2.75) is 6.61 Å². The Morgan fingerprint density at radius 3 is 2.58 bits per heavy atom. The van der Waals surface area contributed by atoms with Crippen molar-refractivity contribution < 1.29 is 14.8 Å². The van der Waals surface area contributed by atoms with Crippen LogP contribution in [0.4, 0.5) is 11.4 Å². The van der Waals surface area contributed by atoms with E-state index in [0.717, 1.165) is 17.2 Å². The fourth-order valence-corrected chi connectivity index (χ4v) is 2.30. The lowest BCUT2D eigenvalue weighted by Crippen LogP contribution is -1.95. The summed E-state index contributed by atoms with van der Waals surface area (Å²) >= 11 is 0. The van der Waals surface area contributed by atoms with E-state index in [2.05, 4.69) is 4.99 Å². The van der Waals surface area contributed by atoms with Gasteiger partial charge >= 0.3 is 0 Å². The van der Waals surface area contributed by atoms with Gasteiger partial charge in [-0.05, 0) is 29.3 Å². The van der Waals surface area contributed by atoms with E-state index in [1.165, 1.54) is 12.1 Å². The second-order valence-corrected chi connectivity index (χ2v) is 5.54. The Balaban J connectivity index is 1.70. The molecule has 3 rings (SSSR count). The van der Waals surface area contributed by atoms with E-state index >= 15 is 0 Å². The zero-order valence-corrected chi connectivity index (χ0v) is 13.8. The first-order valence-electron chi connectivity index (χ1n) is 7.90. The number of nitrogens with zero attached hydrogens (tertiary/aromatic N) is 2. The van der Waals surface area contributed by atoms with Gasteiger partial charge in [-0.15, -0.1) is 0 Å². The number of nitro groups is 1. The van der Waals surface area contributed by atoms with Crippen molar-refractivity contribution in [2.24, 2.45) is 4.99 Å². The average molecular weight is 348 g/mol. The summed E-state index contributed by atoms with van der Waals surface area (Å²) in [5, 5.41) is 20.5. The Morgan fingerprint density at radius 1 is 1.04 bits per heavy atom. The van der Waals surface area contributed by atoms with Gasteiger partial charge in [0.25, 0.3) is 5.69 Å². The number of aromatic hydroxyl groups is 1. The monoisotopic (exact) mass is 348 g/mol. The predicted octanol–water partition coefficient (Wildman–Crippen LogP) is 4.63. The van der Waals surface area contributed by atoms with Gasteiger partial charge in [0.05, 0.1) is 11.0 Å². The third-order valence-electron chi connectivity index (χ3n) is 3.63. The lowest BCUT2D eigenvalue weighted by molar-refractivity contribution is -0.384. The minimum atomic E-state index is -0.569. The number of phenols is 1. The number of phenolic OH excluding ortho intramolecular Hbond substituents is 1. The number of rotatable bonds is 6. The smallest absolute Gasteiger partial charge is 0.273 e.